The Kier molecular flexibility index (Phi) is 43.3. The summed E-state index contributed by atoms with van der Waals surface area (Å²) in [6, 6.07) is 10.3. The third-order valence-corrected chi connectivity index (χ3v) is 26.5. The van der Waals surface area contributed by atoms with E-state index in [0.717, 1.165) is 58.8 Å². The van der Waals surface area contributed by atoms with Crippen molar-refractivity contribution in [2.75, 3.05) is 178 Å². The van der Waals surface area contributed by atoms with Crippen LogP contribution in [0.4, 0.5) is 19.3 Å². The molecule has 3 heterocycles. The highest BCUT2D eigenvalue weighted by Crippen LogP contribution is 2.72. The van der Waals surface area contributed by atoms with Crippen molar-refractivity contribution in [3.05, 3.63) is 100 Å². The molecule has 4 fully saturated rings. The molecule has 7 aliphatic rings. The van der Waals surface area contributed by atoms with Gasteiger partial charge < -0.3 is 115 Å². The third-order valence-electron chi connectivity index (χ3n) is 26.5. The summed E-state index contributed by atoms with van der Waals surface area (Å²) >= 11 is 0. The molecule has 0 spiro atoms. The molecule has 1 aromatic heterocycles. The Morgan fingerprint density at radius 1 is 0.650 bits per heavy atom. The van der Waals surface area contributed by atoms with Crippen LogP contribution in [0, 0.1) is 40.4 Å². The van der Waals surface area contributed by atoms with Gasteiger partial charge in [-0.05, 0) is 137 Å². The van der Waals surface area contributed by atoms with Crippen molar-refractivity contribution in [2.45, 2.75) is 230 Å². The molecule has 5 aliphatic carbocycles. The van der Waals surface area contributed by atoms with Crippen LogP contribution in [-0.4, -0.2) is 316 Å². The number of halogens is 2. The number of aromatic nitrogens is 3. The molecule has 2 aromatic carbocycles. The number of ketones is 2. The van der Waals surface area contributed by atoms with Crippen LogP contribution in [-0.2, 0) is 120 Å². The van der Waals surface area contributed by atoms with Crippen LogP contribution in [0.2, 0.25) is 0 Å². The van der Waals surface area contributed by atoms with E-state index in [-0.39, 0.29) is 167 Å². The van der Waals surface area contributed by atoms with Crippen LogP contribution < -0.4 is 53.2 Å². The van der Waals surface area contributed by atoms with Crippen molar-refractivity contribution >= 4 is 70.5 Å². The van der Waals surface area contributed by atoms with Crippen LogP contribution >= 0.6 is 0 Å². The number of allylic oxidation sites excluding steroid dienone is 4. The van der Waals surface area contributed by atoms with E-state index in [1.807, 2.05) is 60.1 Å². The number of amides is 10. The fourth-order valence-electron chi connectivity index (χ4n) is 19.3. The van der Waals surface area contributed by atoms with E-state index in [2.05, 4.69) is 85.8 Å². The SMILES string of the molecule is CCCC1O[C@@H]2C[C@H]3[C@@H]4C[C@H](F)C5=CC(=O)C=C[C@]5(C)[C@@]4(F)[C@@H](O)C[C@]3(C)[C@]2(C(=O)CNC(=O)[C@H](CCCNC(N)=O)NC(=O)[C@@H](NC(=O)[C@@H](CCCCNC(=O)COC2CCCCCc3c2nnn3CCOCCOCCOCCOCCC(=O)NCC[N+](C)(C)C)NC(=O)CCOCCOCCOCCOCCNC(=O)CCC(=O)N2Cc3ccccc3C#Cc3ccccc32)C(C)C)O1. The molecule has 1 saturated heterocycles. The van der Waals surface area contributed by atoms with Gasteiger partial charge in [0.25, 0.3) is 0 Å². The third kappa shape index (κ3) is 30.9. The first-order valence-corrected chi connectivity index (χ1v) is 48.6. The fraction of sp³-hybridized carbons (Fsp3) is 0.684. The Labute approximate surface area is 801 Å². The van der Waals surface area contributed by atoms with Crippen molar-refractivity contribution in [3.8, 4) is 11.8 Å². The van der Waals surface area contributed by atoms with E-state index >= 15 is 13.6 Å². The zero-order chi connectivity index (χ0) is 98.6. The number of nitrogens with zero attached hydrogens (tertiary/aromatic N) is 5. The minimum Gasteiger partial charge on any atom is -0.390 e. The smallest absolute Gasteiger partial charge is 0.312 e. The number of ether oxygens (including phenoxy) is 11. The molecule has 2 unspecified atom stereocenters. The quantitative estimate of drug-likeness (QED) is 0.0207. The topological polar surface area (TPSA) is 466 Å². The number of nitrogens with one attached hydrogen (secondary N) is 8. The molecule has 0 radical (unpaired) electrons. The zero-order valence-corrected chi connectivity index (χ0v) is 80.8. The van der Waals surface area contributed by atoms with Crippen LogP contribution in [0.1, 0.15) is 184 Å². The molecule has 758 valence electrons. The number of quaternary nitrogens is 1. The van der Waals surface area contributed by atoms with Gasteiger partial charge in [-0.3, -0.25) is 47.9 Å². The highest BCUT2D eigenvalue weighted by molar-refractivity contribution is 6.02. The summed E-state index contributed by atoms with van der Waals surface area (Å²) in [5, 5.41) is 43.3. The molecule has 10 amide bonds. The summed E-state index contributed by atoms with van der Waals surface area (Å²) in [4.78, 5) is 151. The lowest BCUT2D eigenvalue weighted by Crippen LogP contribution is -2.71. The molecule has 14 atom stereocenters. The molecule has 2 aliphatic heterocycles. The van der Waals surface area contributed by atoms with E-state index in [1.165, 1.54) is 19.1 Å². The first-order valence-electron chi connectivity index (χ1n) is 48.6. The van der Waals surface area contributed by atoms with Crippen molar-refractivity contribution in [1.29, 1.82) is 0 Å². The second-order valence-electron chi connectivity index (χ2n) is 37.7. The number of likely N-dealkylation sites (N-methyl/N-ethyl adjacent to an activating group) is 1. The minimum absolute atomic E-state index is 0.00246. The van der Waals surface area contributed by atoms with Crippen LogP contribution in [0.3, 0.4) is 0 Å². The summed E-state index contributed by atoms with van der Waals surface area (Å²) in [6.07, 6.45) is 2.68. The van der Waals surface area contributed by atoms with Crippen molar-refractivity contribution in [1.82, 2.24) is 57.5 Å². The molecule has 3 saturated carbocycles. The molecular weight excluding hydrogens is 1780 g/mol. The maximum atomic E-state index is 18.3. The monoisotopic (exact) mass is 1920 g/mol. The summed E-state index contributed by atoms with van der Waals surface area (Å²) in [5.74, 6) is -1.30. The Hall–Kier alpha value is -9.67. The number of primary amides is 1. The maximum Gasteiger partial charge on any atom is 0.312 e. The van der Waals surface area contributed by atoms with Gasteiger partial charge in [0.15, 0.2) is 29.1 Å². The van der Waals surface area contributed by atoms with Crippen LogP contribution in [0.15, 0.2) is 72.3 Å². The van der Waals surface area contributed by atoms with Crippen molar-refractivity contribution in [2.24, 2.45) is 34.3 Å². The summed E-state index contributed by atoms with van der Waals surface area (Å²) < 4.78 is 102. The number of fused-ring (bicyclic) bond motifs is 10. The molecule has 137 heavy (non-hydrogen) atoms. The number of aliphatic hydroxyl groups is 1. The number of carbonyl (C=O) groups is 11. The van der Waals surface area contributed by atoms with Crippen LogP contribution in [0.5, 0.6) is 0 Å². The Bertz CT molecular complexity index is 4640. The number of para-hydroxylation sites is 1. The average molecular weight is 1930 g/mol. The first kappa shape index (κ1) is 109. The summed E-state index contributed by atoms with van der Waals surface area (Å²) in [7, 11) is 6.20. The second kappa shape index (κ2) is 54.2. The van der Waals surface area contributed by atoms with Gasteiger partial charge in [-0.15, -0.1) is 5.10 Å². The van der Waals surface area contributed by atoms with Gasteiger partial charge in [0.05, 0.1) is 183 Å². The number of rotatable bonds is 60. The molecule has 11 N–H and O–H groups in total. The molecule has 37 nitrogen and oxygen atoms in total. The number of hydrogen-bond donors (Lipinski definition) is 10. The Balaban J connectivity index is 0.681. The number of carbonyl (C=O) groups excluding carboxylic acids is 11. The number of benzene rings is 2. The largest absolute Gasteiger partial charge is 0.390 e. The first-order chi connectivity index (χ1) is 65.8. The number of urea groups is 1. The van der Waals surface area contributed by atoms with E-state index in [1.54, 1.807) is 25.7 Å². The number of Topliss-reactive ketones (excluding diaryl/α,β-unsaturated/α-hetero) is 1. The standard InChI is InChI=1S/C98H144F2N14O23/c1-9-20-88-136-82-61-71-72-60-74(99)73-59-70(115)33-36-95(73,4)97(72,100)80(116)62-96(71,5)98(82,137-88)81(117)63-106-91(123)75(25-19-38-105-94(101)126)108-93(125)89(66(2)3)109-92(124)76(107-85(120)35-44-128-48-52-132-55-57-133-53-49-129-45-40-104-83(118)31-32-87(122)112-64-69-23-14-13-21-67(69)29-30-68-22-15-16-26-77(68)112)24-17-18-37-102-86(121)65-135-79-28-12-10-11-27-78-90(79)110-111-113(78)41-46-130-50-54-134-58-56-131-51-47-127-43-34-84(119)103-39-42-114(6,7)8/h13-16,21-23,26,33,36,59,66,71-72,74-76,79-80,82,88-89,116H,9-12,17-20,24-25,27-28,31-32,34-35,37-58,60-65H2,1-8H3,(H9-,101,102,103,104,105,106,107,108,109,118,119,120,121,123,124,125,126)/p+1/t71-,72-,74-,75-,76+,79?,80-,82+,88?,89-,95-,96-,97-,98+/m0/s1. The number of nitrogens with two attached hydrogens (primary N) is 1. The Morgan fingerprint density at radius 3 is 1.93 bits per heavy atom. The summed E-state index contributed by atoms with van der Waals surface area (Å²) in [5.41, 5.74) is 2.64. The van der Waals surface area contributed by atoms with Crippen LogP contribution in [0.25, 0.3) is 0 Å². The molecule has 39 heteroatoms. The van der Waals surface area contributed by atoms with Gasteiger partial charge >= 0.3 is 6.03 Å². The molecule has 10 rings (SSSR count). The highest BCUT2D eigenvalue weighted by atomic mass is 19.1. The van der Waals surface area contributed by atoms with Gasteiger partial charge in [0.1, 0.15) is 42.7 Å². The van der Waals surface area contributed by atoms with Gasteiger partial charge in [0, 0.05) is 73.2 Å². The van der Waals surface area contributed by atoms with E-state index in [0.29, 0.717) is 116 Å². The molecule has 3 aromatic rings. The summed E-state index contributed by atoms with van der Waals surface area (Å²) in [6.45, 7) is 14.3. The minimum atomic E-state index is -2.47. The number of anilines is 1. The predicted octanol–water partition coefficient (Wildman–Crippen LogP) is 4.77. The lowest BCUT2D eigenvalue weighted by atomic mass is 9.44. The van der Waals surface area contributed by atoms with E-state index in [4.69, 9.17) is 57.8 Å². The molecular formula is C98H145F2N14O23+. The van der Waals surface area contributed by atoms with E-state index < -0.39 is 149 Å². The van der Waals surface area contributed by atoms with Crippen molar-refractivity contribution < 1.29 is 123 Å². The second-order valence-corrected chi connectivity index (χ2v) is 37.7. The predicted molar refractivity (Wildman–Crippen MR) is 499 cm³/mol. The number of alkyl halides is 2. The normalized spacial score (nSPS) is 23.6. The van der Waals surface area contributed by atoms with Gasteiger partial charge in [-0.1, -0.05) is 100 Å². The lowest BCUT2D eigenvalue weighted by Gasteiger charge is -2.63. The molecule has 0 bridgehead atoms. The van der Waals surface area contributed by atoms with Crippen molar-refractivity contribution in [3.63, 3.8) is 0 Å². The fourth-order valence-corrected chi connectivity index (χ4v) is 19.3. The van der Waals surface area contributed by atoms with Gasteiger partial charge in [-0.2, -0.15) is 0 Å². The number of aliphatic hydroxyl groups excluding tert-OH is 1. The Morgan fingerprint density at radius 2 is 1.26 bits per heavy atom. The zero-order valence-electron chi connectivity index (χ0n) is 80.8. The average Bonchev–Trinajstić information content (AvgIpc) is 1.50. The number of hydrogen-bond acceptors (Lipinski definition) is 25. The maximum absolute atomic E-state index is 18.3. The lowest BCUT2D eigenvalue weighted by molar-refractivity contribution is -0.869. The van der Waals surface area contributed by atoms with E-state index in [9.17, 15) is 53.1 Å². The van der Waals surface area contributed by atoms with Gasteiger partial charge in [-0.25, -0.2) is 18.3 Å². The number of unbranched alkanes of at least 4 members (excludes halogenated alkanes) is 1. The highest BCUT2D eigenvalue weighted by Gasteiger charge is 2.80. The van der Waals surface area contributed by atoms with Gasteiger partial charge in [0.2, 0.25) is 47.3 Å².